The first-order chi connectivity index (χ1) is 17.0. The molecule has 3 rings (SSSR count). The number of pyridine rings is 1. The minimum Gasteiger partial charge on any atom is -0.349 e. The Morgan fingerprint density at radius 1 is 0.889 bits per heavy atom. The average Bonchev–Trinajstić information content (AvgIpc) is 2.82. The van der Waals surface area contributed by atoms with E-state index in [2.05, 4.69) is 15.6 Å². The van der Waals surface area contributed by atoms with Crippen molar-refractivity contribution in [2.24, 2.45) is 0 Å². The quantitative estimate of drug-likeness (QED) is 0.463. The molecule has 0 bridgehead atoms. The largest absolute Gasteiger partial charge is 0.349 e. The first kappa shape index (κ1) is 26.6. The van der Waals surface area contributed by atoms with Gasteiger partial charge in [-0.25, -0.2) is 4.98 Å². The van der Waals surface area contributed by atoms with E-state index in [-0.39, 0.29) is 30.6 Å². The van der Waals surface area contributed by atoms with Crippen LogP contribution in [0.4, 0.5) is 11.5 Å². The van der Waals surface area contributed by atoms with E-state index in [9.17, 15) is 14.4 Å². The van der Waals surface area contributed by atoms with Gasteiger partial charge in [0, 0.05) is 30.3 Å². The summed E-state index contributed by atoms with van der Waals surface area (Å²) in [6, 6.07) is 19.3. The molecule has 0 radical (unpaired) electrons. The third-order valence-corrected chi connectivity index (χ3v) is 5.54. The molecular weight excluding hydrogens is 452 g/mol. The molecule has 0 saturated heterocycles. The highest BCUT2D eigenvalue weighted by Crippen LogP contribution is 2.32. The molecule has 2 N–H and O–H groups in total. The maximum atomic E-state index is 13.8. The molecule has 1 atom stereocenters. The van der Waals surface area contributed by atoms with E-state index in [0.29, 0.717) is 17.1 Å². The fraction of sp³-hybridized carbons (Fsp3) is 0.310. The average molecular weight is 487 g/mol. The first-order valence-electron chi connectivity index (χ1n) is 12.0. The Morgan fingerprint density at radius 3 is 2.17 bits per heavy atom. The van der Waals surface area contributed by atoms with E-state index < -0.39 is 11.6 Å². The van der Waals surface area contributed by atoms with Crippen molar-refractivity contribution in [3.8, 4) is 0 Å². The smallest absolute Gasteiger partial charge is 0.248 e. The van der Waals surface area contributed by atoms with Crippen molar-refractivity contribution in [3.05, 3.63) is 89.6 Å². The fourth-order valence-electron chi connectivity index (χ4n) is 3.84. The van der Waals surface area contributed by atoms with Crippen LogP contribution < -0.4 is 15.5 Å². The van der Waals surface area contributed by atoms with Gasteiger partial charge in [-0.1, -0.05) is 54.1 Å². The van der Waals surface area contributed by atoms with E-state index in [1.807, 2.05) is 83.1 Å². The molecule has 7 heteroatoms. The molecule has 2 aromatic carbocycles. The lowest BCUT2D eigenvalue weighted by molar-refractivity contribution is -0.128. The van der Waals surface area contributed by atoms with Crippen molar-refractivity contribution in [3.63, 3.8) is 0 Å². The molecule has 0 aliphatic carbocycles. The molecule has 3 aromatic rings. The van der Waals surface area contributed by atoms with Gasteiger partial charge in [-0.05, 0) is 63.9 Å². The van der Waals surface area contributed by atoms with Crippen LogP contribution >= 0.6 is 0 Å². The number of aromatic nitrogens is 1. The Labute approximate surface area is 212 Å². The predicted octanol–water partition coefficient (Wildman–Crippen LogP) is 5.11. The summed E-state index contributed by atoms with van der Waals surface area (Å²) in [5, 5.41) is 5.74. The summed E-state index contributed by atoms with van der Waals surface area (Å²) < 4.78 is 0. The van der Waals surface area contributed by atoms with Crippen molar-refractivity contribution in [1.82, 2.24) is 10.3 Å². The summed E-state index contributed by atoms with van der Waals surface area (Å²) in [6.45, 7) is 9.58. The monoisotopic (exact) mass is 486 g/mol. The zero-order valence-electron chi connectivity index (χ0n) is 21.5. The minimum atomic E-state index is -0.905. The number of aryl methyl sites for hydroxylation is 2. The molecule has 0 aliphatic heterocycles. The molecule has 1 aromatic heterocycles. The lowest BCUT2D eigenvalue weighted by atomic mass is 9.98. The third-order valence-electron chi connectivity index (χ3n) is 5.54. The van der Waals surface area contributed by atoms with E-state index in [1.54, 1.807) is 24.4 Å². The summed E-state index contributed by atoms with van der Waals surface area (Å²) in [5.74, 6) is -0.512. The molecular formula is C29H34N4O3. The molecule has 0 spiro atoms. The number of carbonyl (C=O) groups is 3. The second kappa shape index (κ2) is 11.6. The highest BCUT2D eigenvalue weighted by molar-refractivity contribution is 6.03. The summed E-state index contributed by atoms with van der Waals surface area (Å²) >= 11 is 0. The Bertz CT molecular complexity index is 1200. The van der Waals surface area contributed by atoms with Crippen LogP contribution in [0.5, 0.6) is 0 Å². The van der Waals surface area contributed by atoms with Gasteiger partial charge in [0.15, 0.2) is 0 Å². The number of nitrogens with zero attached hydrogens (tertiary/aromatic N) is 2. The number of carbonyl (C=O) groups excluding carboxylic acids is 3. The molecule has 0 unspecified atom stereocenters. The van der Waals surface area contributed by atoms with Gasteiger partial charge in [-0.15, -0.1) is 0 Å². The van der Waals surface area contributed by atoms with Crippen LogP contribution in [0.15, 0.2) is 72.9 Å². The van der Waals surface area contributed by atoms with Gasteiger partial charge in [0.25, 0.3) is 0 Å². The van der Waals surface area contributed by atoms with Gasteiger partial charge in [-0.3, -0.25) is 19.3 Å². The maximum absolute atomic E-state index is 13.8. The summed E-state index contributed by atoms with van der Waals surface area (Å²) in [4.78, 5) is 45.6. The van der Waals surface area contributed by atoms with Crippen LogP contribution in [0.1, 0.15) is 56.3 Å². The Balaban J connectivity index is 1.96. The third kappa shape index (κ3) is 7.25. The van der Waals surface area contributed by atoms with Crippen LogP contribution in [0, 0.1) is 13.8 Å². The molecule has 7 nitrogen and oxygen atoms in total. The number of hydrogen-bond donors (Lipinski definition) is 2. The van der Waals surface area contributed by atoms with Crippen LogP contribution in [-0.4, -0.2) is 28.2 Å². The molecule has 0 fully saturated rings. The molecule has 3 amide bonds. The molecule has 1 heterocycles. The zero-order valence-corrected chi connectivity index (χ0v) is 21.5. The van der Waals surface area contributed by atoms with Crippen molar-refractivity contribution in [1.29, 1.82) is 0 Å². The number of nitrogens with one attached hydrogen (secondary N) is 2. The Kier molecular flexibility index (Phi) is 8.59. The van der Waals surface area contributed by atoms with Gasteiger partial charge in [-0.2, -0.15) is 0 Å². The second-order valence-electron chi connectivity index (χ2n) is 9.87. The van der Waals surface area contributed by atoms with Gasteiger partial charge < -0.3 is 10.6 Å². The van der Waals surface area contributed by atoms with Crippen LogP contribution in [0.3, 0.4) is 0 Å². The fourth-order valence-corrected chi connectivity index (χ4v) is 3.84. The second-order valence-corrected chi connectivity index (χ2v) is 9.87. The summed E-state index contributed by atoms with van der Waals surface area (Å²) in [6.07, 6.45) is 1.47. The summed E-state index contributed by atoms with van der Waals surface area (Å²) in [5.41, 5.74) is 2.72. The molecule has 36 heavy (non-hydrogen) atoms. The number of anilines is 2. The van der Waals surface area contributed by atoms with Gasteiger partial charge in [0.1, 0.15) is 11.9 Å². The van der Waals surface area contributed by atoms with Crippen LogP contribution in [0.25, 0.3) is 0 Å². The molecule has 0 aliphatic rings. The zero-order chi connectivity index (χ0) is 26.3. The Morgan fingerprint density at radius 2 is 1.56 bits per heavy atom. The molecule has 0 saturated carbocycles. The normalized spacial score (nSPS) is 11.9. The van der Waals surface area contributed by atoms with E-state index in [1.165, 1.54) is 4.90 Å². The lowest BCUT2D eigenvalue weighted by Crippen LogP contribution is -2.49. The van der Waals surface area contributed by atoms with E-state index >= 15 is 0 Å². The van der Waals surface area contributed by atoms with Gasteiger partial charge >= 0.3 is 0 Å². The van der Waals surface area contributed by atoms with Gasteiger partial charge in [0.2, 0.25) is 17.7 Å². The van der Waals surface area contributed by atoms with E-state index in [0.717, 1.165) is 11.1 Å². The van der Waals surface area contributed by atoms with Crippen molar-refractivity contribution < 1.29 is 14.4 Å². The van der Waals surface area contributed by atoms with Crippen molar-refractivity contribution >= 4 is 29.2 Å². The number of hydrogen-bond acceptors (Lipinski definition) is 4. The van der Waals surface area contributed by atoms with Crippen molar-refractivity contribution in [2.45, 2.75) is 59.0 Å². The van der Waals surface area contributed by atoms with Gasteiger partial charge in [0.05, 0.1) is 0 Å². The first-order valence-corrected chi connectivity index (χ1v) is 12.0. The minimum absolute atomic E-state index is 0.0424. The predicted molar refractivity (Wildman–Crippen MR) is 143 cm³/mol. The molecule has 188 valence electrons. The number of amides is 3. The SMILES string of the molecule is Cc1ccc([C@@H](C(=O)NC(C)(C)C)N(C(=O)CCC(=O)Nc2ccccn2)c2ccccc2C)cc1. The van der Waals surface area contributed by atoms with Crippen molar-refractivity contribution in [2.75, 3.05) is 10.2 Å². The Hall–Kier alpha value is -4.00. The highest BCUT2D eigenvalue weighted by atomic mass is 16.2. The maximum Gasteiger partial charge on any atom is 0.248 e. The topological polar surface area (TPSA) is 91.4 Å². The number of rotatable bonds is 8. The number of benzene rings is 2. The summed E-state index contributed by atoms with van der Waals surface area (Å²) in [7, 11) is 0. The lowest BCUT2D eigenvalue weighted by Gasteiger charge is -2.34. The van der Waals surface area contributed by atoms with Crippen LogP contribution in [-0.2, 0) is 14.4 Å². The highest BCUT2D eigenvalue weighted by Gasteiger charge is 2.35. The number of para-hydroxylation sites is 1. The van der Waals surface area contributed by atoms with E-state index in [4.69, 9.17) is 0 Å². The van der Waals surface area contributed by atoms with Crippen LogP contribution in [0.2, 0.25) is 0 Å². The standard InChI is InChI=1S/C29H34N4O3/c1-20-13-15-22(16-14-20)27(28(36)32-29(3,4)5)33(23-11-7-6-10-21(23)2)26(35)18-17-25(34)31-24-12-8-9-19-30-24/h6-16,19,27H,17-18H2,1-5H3,(H,32,36)(H,30,31,34)/t27-/m0/s1.